The smallest absolute Gasteiger partial charge is 0.331 e. The van der Waals surface area contributed by atoms with Crippen molar-refractivity contribution in [1.29, 1.82) is 0 Å². The van der Waals surface area contributed by atoms with Gasteiger partial charge in [0.05, 0.1) is 0 Å². The molecule has 0 aliphatic carbocycles. The van der Waals surface area contributed by atoms with Crippen LogP contribution in [0.4, 0.5) is 0 Å². The van der Waals surface area contributed by atoms with E-state index in [9.17, 15) is 14.4 Å². The molecule has 0 saturated heterocycles. The van der Waals surface area contributed by atoms with Gasteiger partial charge in [0.15, 0.2) is 0 Å². The van der Waals surface area contributed by atoms with Crippen LogP contribution >= 0.6 is 0 Å². The van der Waals surface area contributed by atoms with Gasteiger partial charge < -0.3 is 9.67 Å². The van der Waals surface area contributed by atoms with Crippen molar-refractivity contribution in [2.75, 3.05) is 0 Å². The monoisotopic (exact) mass is 238 g/mol. The van der Waals surface area contributed by atoms with Crippen molar-refractivity contribution >= 4 is 5.97 Å². The average Bonchev–Trinajstić information content (AvgIpc) is 2.28. The Morgan fingerprint density at radius 2 is 2.12 bits per heavy atom. The number of rotatable bonds is 4. The predicted molar refractivity (Wildman–Crippen MR) is 62.0 cm³/mol. The molecule has 0 spiro atoms. The molecule has 6 nitrogen and oxygen atoms in total. The molecule has 6 heteroatoms. The summed E-state index contributed by atoms with van der Waals surface area (Å²) in [5, 5.41) is 8.81. The first kappa shape index (κ1) is 13.0. The fraction of sp³-hybridized carbons (Fsp3) is 0.364. The largest absolute Gasteiger partial charge is 0.478 e. The Hall–Kier alpha value is -2.11. The van der Waals surface area contributed by atoms with Crippen molar-refractivity contribution in [2.24, 2.45) is 7.05 Å². The number of nitrogens with zero attached hydrogens (tertiary/aromatic N) is 2. The zero-order valence-corrected chi connectivity index (χ0v) is 9.71. The highest BCUT2D eigenvalue weighted by molar-refractivity contribution is 5.86. The Morgan fingerprint density at radius 3 is 2.65 bits per heavy atom. The maximum atomic E-state index is 11.6. The molecule has 1 N–H and O–H groups in total. The molecular weight excluding hydrogens is 224 g/mol. The van der Waals surface area contributed by atoms with Crippen LogP contribution in [-0.4, -0.2) is 20.2 Å². The Labute approximate surface area is 97.4 Å². The van der Waals surface area contributed by atoms with Gasteiger partial charge in [0.25, 0.3) is 5.56 Å². The van der Waals surface area contributed by atoms with Crippen LogP contribution in [0.3, 0.4) is 0 Å². The zero-order valence-electron chi connectivity index (χ0n) is 9.71. The highest BCUT2D eigenvalue weighted by Gasteiger charge is 2.05. The van der Waals surface area contributed by atoms with Gasteiger partial charge in [-0.2, -0.15) is 0 Å². The van der Waals surface area contributed by atoms with Crippen molar-refractivity contribution in [1.82, 2.24) is 9.13 Å². The number of carboxylic acid groups (broad SMARTS) is 1. The van der Waals surface area contributed by atoms with Crippen molar-refractivity contribution in [2.45, 2.75) is 19.9 Å². The second kappa shape index (κ2) is 5.29. The van der Waals surface area contributed by atoms with Crippen molar-refractivity contribution < 1.29 is 9.90 Å². The van der Waals surface area contributed by atoms with E-state index in [2.05, 4.69) is 0 Å². The number of carboxylic acids is 1. The quantitative estimate of drug-likeness (QED) is 0.747. The molecule has 0 atom stereocenters. The standard InChI is InChI=1S/C11H14N2O4/c1-3-8(10(15)16)4-7-13-9(14)5-6-12(2)11(13)17/h4-6H,3,7H2,1-2H3,(H,15,16). The average molecular weight is 238 g/mol. The maximum Gasteiger partial charge on any atom is 0.331 e. The summed E-state index contributed by atoms with van der Waals surface area (Å²) < 4.78 is 2.25. The van der Waals surface area contributed by atoms with E-state index in [4.69, 9.17) is 5.11 Å². The first-order chi connectivity index (χ1) is 7.97. The number of carbonyl (C=O) groups is 1. The number of hydrogen-bond donors (Lipinski definition) is 1. The van der Waals surface area contributed by atoms with Crippen LogP contribution in [0.2, 0.25) is 0 Å². The third-order valence-electron chi connectivity index (χ3n) is 2.42. The summed E-state index contributed by atoms with van der Waals surface area (Å²) in [6.45, 7) is 1.67. The molecule has 1 heterocycles. The Kier molecular flexibility index (Phi) is 4.03. The summed E-state index contributed by atoms with van der Waals surface area (Å²) in [6.07, 6.45) is 3.10. The van der Waals surface area contributed by atoms with E-state index < -0.39 is 17.2 Å². The molecule has 0 saturated carbocycles. The molecule has 1 rings (SSSR count). The van der Waals surface area contributed by atoms with Gasteiger partial charge in [-0.3, -0.25) is 9.36 Å². The van der Waals surface area contributed by atoms with Crippen molar-refractivity contribution in [3.05, 3.63) is 44.8 Å². The Bertz CT molecular complexity index is 566. The lowest BCUT2D eigenvalue weighted by Gasteiger charge is -2.04. The third-order valence-corrected chi connectivity index (χ3v) is 2.42. The SMILES string of the molecule is CCC(=CCn1c(=O)ccn(C)c1=O)C(=O)O. The molecule has 1 aromatic heterocycles. The number of aromatic nitrogens is 2. The number of hydrogen-bond acceptors (Lipinski definition) is 3. The number of aliphatic carboxylic acids is 1. The zero-order chi connectivity index (χ0) is 13.0. The van der Waals surface area contributed by atoms with E-state index >= 15 is 0 Å². The summed E-state index contributed by atoms with van der Waals surface area (Å²) in [4.78, 5) is 33.8. The van der Waals surface area contributed by atoms with Gasteiger partial charge in [0, 0.05) is 31.4 Å². The van der Waals surface area contributed by atoms with Crippen LogP contribution in [0.5, 0.6) is 0 Å². The maximum absolute atomic E-state index is 11.6. The summed E-state index contributed by atoms with van der Waals surface area (Å²) in [5.41, 5.74) is -0.720. The molecular formula is C11H14N2O4. The molecule has 17 heavy (non-hydrogen) atoms. The normalized spacial score (nSPS) is 11.5. The molecule has 92 valence electrons. The first-order valence-electron chi connectivity index (χ1n) is 5.16. The summed E-state index contributed by atoms with van der Waals surface area (Å²) in [6, 6.07) is 1.27. The molecule has 0 unspecified atom stereocenters. The fourth-order valence-electron chi connectivity index (χ4n) is 1.37. The van der Waals surface area contributed by atoms with E-state index in [1.54, 1.807) is 6.92 Å². The highest BCUT2D eigenvalue weighted by atomic mass is 16.4. The molecule has 0 aromatic carbocycles. The lowest BCUT2D eigenvalue weighted by Crippen LogP contribution is -2.37. The number of aryl methyl sites for hydroxylation is 1. The summed E-state index contributed by atoms with van der Waals surface area (Å²) in [5.74, 6) is -1.03. The van der Waals surface area contributed by atoms with Gasteiger partial charge in [0.2, 0.25) is 0 Å². The summed E-state index contributed by atoms with van der Waals surface area (Å²) in [7, 11) is 1.53. The molecule has 0 aliphatic heterocycles. The molecule has 0 radical (unpaired) electrons. The van der Waals surface area contributed by atoms with E-state index in [0.29, 0.717) is 6.42 Å². The molecule has 1 aromatic rings. The first-order valence-corrected chi connectivity index (χ1v) is 5.16. The third kappa shape index (κ3) is 2.93. The topological polar surface area (TPSA) is 81.3 Å². The van der Waals surface area contributed by atoms with Crippen LogP contribution in [-0.2, 0) is 18.4 Å². The van der Waals surface area contributed by atoms with Gasteiger partial charge in [-0.15, -0.1) is 0 Å². The molecule has 0 fully saturated rings. The van der Waals surface area contributed by atoms with Crippen LogP contribution in [0.1, 0.15) is 13.3 Å². The van der Waals surface area contributed by atoms with Crippen LogP contribution in [0.25, 0.3) is 0 Å². The Balaban J connectivity index is 3.13. The van der Waals surface area contributed by atoms with Gasteiger partial charge in [-0.05, 0) is 6.42 Å². The highest BCUT2D eigenvalue weighted by Crippen LogP contribution is 2.00. The van der Waals surface area contributed by atoms with Gasteiger partial charge in [0.1, 0.15) is 0 Å². The molecule has 0 bridgehead atoms. The molecule has 0 aliphatic rings. The minimum atomic E-state index is -1.03. The van der Waals surface area contributed by atoms with E-state index in [1.807, 2.05) is 0 Å². The number of allylic oxidation sites excluding steroid dienone is 1. The van der Waals surface area contributed by atoms with E-state index in [1.165, 1.54) is 30.0 Å². The fourth-order valence-corrected chi connectivity index (χ4v) is 1.37. The van der Waals surface area contributed by atoms with Crippen LogP contribution in [0.15, 0.2) is 33.5 Å². The van der Waals surface area contributed by atoms with Crippen LogP contribution in [0, 0.1) is 0 Å². The second-order valence-corrected chi connectivity index (χ2v) is 3.55. The molecule has 0 amide bonds. The lowest BCUT2D eigenvalue weighted by atomic mass is 10.2. The lowest BCUT2D eigenvalue weighted by molar-refractivity contribution is -0.132. The predicted octanol–water partition coefficient (Wildman–Crippen LogP) is -0.0320. The summed E-state index contributed by atoms with van der Waals surface area (Å²) >= 11 is 0. The van der Waals surface area contributed by atoms with E-state index in [-0.39, 0.29) is 12.1 Å². The minimum Gasteiger partial charge on any atom is -0.478 e. The van der Waals surface area contributed by atoms with Gasteiger partial charge in [-0.1, -0.05) is 13.0 Å². The Morgan fingerprint density at radius 1 is 1.47 bits per heavy atom. The van der Waals surface area contributed by atoms with Crippen molar-refractivity contribution in [3.8, 4) is 0 Å². The van der Waals surface area contributed by atoms with Gasteiger partial charge >= 0.3 is 11.7 Å². The second-order valence-electron chi connectivity index (χ2n) is 3.55. The van der Waals surface area contributed by atoms with E-state index in [0.717, 1.165) is 4.57 Å². The van der Waals surface area contributed by atoms with Gasteiger partial charge in [-0.25, -0.2) is 9.59 Å². The van der Waals surface area contributed by atoms with Crippen LogP contribution < -0.4 is 11.2 Å². The minimum absolute atomic E-state index is 0.0260. The van der Waals surface area contributed by atoms with Crippen molar-refractivity contribution in [3.63, 3.8) is 0 Å².